The third-order valence-electron chi connectivity index (χ3n) is 5.01. The van der Waals surface area contributed by atoms with E-state index in [2.05, 4.69) is 13.0 Å². The van der Waals surface area contributed by atoms with Crippen LogP contribution in [-0.4, -0.2) is 5.88 Å². The SMILES string of the molecule is CCCCC1CCC(CCl)(Cc2cccc(Cl)c2Cl)CC1. The second-order valence-corrected chi connectivity index (χ2v) is 7.66. The first kappa shape index (κ1) is 17.4. The zero-order chi connectivity index (χ0) is 15.3. The molecule has 0 amide bonds. The summed E-state index contributed by atoms with van der Waals surface area (Å²) in [4.78, 5) is 0. The summed E-state index contributed by atoms with van der Waals surface area (Å²) in [5, 5.41) is 1.35. The Balaban J connectivity index is 2.01. The maximum absolute atomic E-state index is 6.36. The lowest BCUT2D eigenvalue weighted by atomic mass is 9.68. The topological polar surface area (TPSA) is 0 Å². The average molecular weight is 348 g/mol. The van der Waals surface area contributed by atoms with Crippen LogP contribution >= 0.6 is 34.8 Å². The van der Waals surface area contributed by atoms with Crippen LogP contribution in [0, 0.1) is 11.3 Å². The Hall–Kier alpha value is 0.0900. The fourth-order valence-corrected chi connectivity index (χ4v) is 4.27. The summed E-state index contributed by atoms with van der Waals surface area (Å²) < 4.78 is 0. The van der Waals surface area contributed by atoms with Crippen molar-refractivity contribution in [2.24, 2.45) is 11.3 Å². The van der Waals surface area contributed by atoms with E-state index in [0.717, 1.165) is 23.8 Å². The Bertz CT molecular complexity index is 448. The van der Waals surface area contributed by atoms with E-state index in [9.17, 15) is 0 Å². The van der Waals surface area contributed by atoms with Crippen LogP contribution in [0.4, 0.5) is 0 Å². The highest BCUT2D eigenvalue weighted by Crippen LogP contribution is 2.45. The third kappa shape index (κ3) is 4.53. The minimum atomic E-state index is 0.207. The molecule has 21 heavy (non-hydrogen) atoms. The molecule has 1 aliphatic rings. The van der Waals surface area contributed by atoms with E-state index < -0.39 is 0 Å². The van der Waals surface area contributed by atoms with Crippen LogP contribution in [-0.2, 0) is 6.42 Å². The highest BCUT2D eigenvalue weighted by molar-refractivity contribution is 6.42. The van der Waals surface area contributed by atoms with E-state index in [4.69, 9.17) is 34.8 Å². The smallest absolute Gasteiger partial charge is 0.0624 e. The molecule has 1 fully saturated rings. The zero-order valence-electron chi connectivity index (χ0n) is 12.8. The van der Waals surface area contributed by atoms with Gasteiger partial charge in [0, 0.05) is 5.88 Å². The van der Waals surface area contributed by atoms with Crippen molar-refractivity contribution in [3.05, 3.63) is 33.8 Å². The molecule has 118 valence electrons. The molecule has 1 aromatic rings. The van der Waals surface area contributed by atoms with E-state index in [1.165, 1.54) is 44.9 Å². The first-order chi connectivity index (χ1) is 10.1. The van der Waals surface area contributed by atoms with Gasteiger partial charge in [0.15, 0.2) is 0 Å². The minimum Gasteiger partial charge on any atom is -0.126 e. The molecule has 1 saturated carbocycles. The average Bonchev–Trinajstić information content (AvgIpc) is 2.51. The molecular formula is C18H25Cl3. The van der Waals surface area contributed by atoms with Gasteiger partial charge in [-0.3, -0.25) is 0 Å². The highest BCUT2D eigenvalue weighted by atomic mass is 35.5. The standard InChI is InChI=1S/C18H25Cl3/c1-2-3-5-14-8-10-18(13-19,11-9-14)12-15-6-4-7-16(20)17(15)21/h4,6-7,14H,2-3,5,8-13H2,1H3. The Labute approximate surface area is 144 Å². The van der Waals surface area contributed by atoms with Gasteiger partial charge >= 0.3 is 0 Å². The van der Waals surface area contributed by atoms with Crippen LogP contribution in [0.3, 0.4) is 0 Å². The van der Waals surface area contributed by atoms with Crippen molar-refractivity contribution in [2.45, 2.75) is 58.3 Å². The summed E-state index contributed by atoms with van der Waals surface area (Å²) in [5.41, 5.74) is 1.36. The van der Waals surface area contributed by atoms with Crippen LogP contribution in [0.15, 0.2) is 18.2 Å². The molecule has 1 aromatic carbocycles. The van der Waals surface area contributed by atoms with Gasteiger partial charge in [0.2, 0.25) is 0 Å². The molecular weight excluding hydrogens is 323 g/mol. The molecule has 0 aromatic heterocycles. The number of halogens is 3. The van der Waals surface area contributed by atoms with Gasteiger partial charge in [0.1, 0.15) is 0 Å². The van der Waals surface area contributed by atoms with Gasteiger partial charge in [-0.1, -0.05) is 61.5 Å². The van der Waals surface area contributed by atoms with Crippen molar-refractivity contribution < 1.29 is 0 Å². The number of rotatable bonds is 6. The molecule has 1 aliphatic carbocycles. The van der Waals surface area contributed by atoms with Crippen molar-refractivity contribution >= 4 is 34.8 Å². The molecule has 0 N–H and O–H groups in total. The Morgan fingerprint density at radius 1 is 1.19 bits per heavy atom. The second kappa shape index (κ2) is 8.09. The molecule has 3 heteroatoms. The van der Waals surface area contributed by atoms with Gasteiger partial charge in [-0.25, -0.2) is 0 Å². The number of alkyl halides is 1. The van der Waals surface area contributed by atoms with Crippen molar-refractivity contribution in [1.29, 1.82) is 0 Å². The largest absolute Gasteiger partial charge is 0.126 e. The summed E-state index contributed by atoms with van der Waals surface area (Å²) in [7, 11) is 0. The summed E-state index contributed by atoms with van der Waals surface area (Å²) in [6.07, 6.45) is 10.0. The third-order valence-corrected chi connectivity index (χ3v) is 6.44. The summed E-state index contributed by atoms with van der Waals surface area (Å²) in [6, 6.07) is 5.92. The van der Waals surface area contributed by atoms with Crippen LogP contribution in [0.1, 0.15) is 57.4 Å². The number of hydrogen-bond acceptors (Lipinski definition) is 0. The maximum atomic E-state index is 6.36. The zero-order valence-corrected chi connectivity index (χ0v) is 15.1. The number of benzene rings is 1. The fraction of sp³-hybridized carbons (Fsp3) is 0.667. The van der Waals surface area contributed by atoms with Gasteiger partial charge in [0.25, 0.3) is 0 Å². The summed E-state index contributed by atoms with van der Waals surface area (Å²) >= 11 is 18.8. The second-order valence-electron chi connectivity index (χ2n) is 6.61. The van der Waals surface area contributed by atoms with E-state index in [0.29, 0.717) is 10.0 Å². The first-order valence-electron chi connectivity index (χ1n) is 8.09. The molecule has 0 heterocycles. The van der Waals surface area contributed by atoms with Crippen LogP contribution in [0.5, 0.6) is 0 Å². The minimum absolute atomic E-state index is 0.207. The lowest BCUT2D eigenvalue weighted by Gasteiger charge is -2.39. The molecule has 0 bridgehead atoms. The van der Waals surface area contributed by atoms with Crippen LogP contribution in [0.2, 0.25) is 10.0 Å². The van der Waals surface area contributed by atoms with Crippen molar-refractivity contribution in [3.63, 3.8) is 0 Å². The molecule has 0 nitrogen and oxygen atoms in total. The van der Waals surface area contributed by atoms with Gasteiger partial charge in [-0.05, 0) is 55.1 Å². The van der Waals surface area contributed by atoms with E-state index in [-0.39, 0.29) is 5.41 Å². The molecule has 0 atom stereocenters. The van der Waals surface area contributed by atoms with E-state index in [1.807, 2.05) is 12.1 Å². The highest BCUT2D eigenvalue weighted by Gasteiger charge is 2.35. The van der Waals surface area contributed by atoms with Crippen LogP contribution in [0.25, 0.3) is 0 Å². The van der Waals surface area contributed by atoms with Crippen molar-refractivity contribution in [3.8, 4) is 0 Å². The first-order valence-corrected chi connectivity index (χ1v) is 9.38. The normalized spacial score (nSPS) is 26.0. The number of unbranched alkanes of at least 4 members (excludes halogenated alkanes) is 1. The van der Waals surface area contributed by atoms with Gasteiger partial charge in [0.05, 0.1) is 10.0 Å². The summed E-state index contributed by atoms with van der Waals surface area (Å²) in [5.74, 6) is 1.62. The summed E-state index contributed by atoms with van der Waals surface area (Å²) in [6.45, 7) is 2.27. The Morgan fingerprint density at radius 2 is 1.90 bits per heavy atom. The molecule has 0 aliphatic heterocycles. The van der Waals surface area contributed by atoms with Crippen molar-refractivity contribution in [2.75, 3.05) is 5.88 Å². The van der Waals surface area contributed by atoms with E-state index >= 15 is 0 Å². The van der Waals surface area contributed by atoms with Gasteiger partial charge in [-0.2, -0.15) is 0 Å². The molecule has 0 radical (unpaired) electrons. The van der Waals surface area contributed by atoms with Crippen LogP contribution < -0.4 is 0 Å². The number of hydrogen-bond donors (Lipinski definition) is 0. The lowest BCUT2D eigenvalue weighted by Crippen LogP contribution is -2.31. The predicted molar refractivity (Wildman–Crippen MR) is 94.8 cm³/mol. The van der Waals surface area contributed by atoms with Gasteiger partial charge in [-0.15, -0.1) is 11.6 Å². The fourth-order valence-electron chi connectivity index (χ4n) is 3.52. The monoisotopic (exact) mass is 346 g/mol. The van der Waals surface area contributed by atoms with Gasteiger partial charge < -0.3 is 0 Å². The molecule has 0 saturated heterocycles. The molecule has 0 unspecified atom stereocenters. The predicted octanol–water partition coefficient (Wildman–Crippen LogP) is 7.14. The molecule has 2 rings (SSSR count). The van der Waals surface area contributed by atoms with E-state index in [1.54, 1.807) is 0 Å². The quantitative estimate of drug-likeness (QED) is 0.480. The maximum Gasteiger partial charge on any atom is 0.0624 e. The Morgan fingerprint density at radius 3 is 2.52 bits per heavy atom. The van der Waals surface area contributed by atoms with Crippen molar-refractivity contribution in [1.82, 2.24) is 0 Å². The molecule has 0 spiro atoms. The Kier molecular flexibility index (Phi) is 6.72. The lowest BCUT2D eigenvalue weighted by molar-refractivity contribution is 0.166.